The average Bonchev–Trinajstić information content (AvgIpc) is 2.96. The fourth-order valence-corrected chi connectivity index (χ4v) is 2.17. The molecular weight excluding hydrogens is 305 g/mol. The largest absolute Gasteiger partial charge is 0.263 e. The average molecular weight is 320 g/mol. The molecule has 1 aromatic heterocycles. The van der Waals surface area contributed by atoms with Crippen molar-refractivity contribution in [2.24, 2.45) is 0 Å². The van der Waals surface area contributed by atoms with Crippen LogP contribution in [0.3, 0.4) is 0 Å². The third-order valence-corrected chi connectivity index (χ3v) is 3.38. The first kappa shape index (κ1) is 15.5. The molecule has 3 aromatic rings. The molecule has 1 heterocycles. The van der Waals surface area contributed by atoms with Gasteiger partial charge in [0.25, 0.3) is 0 Å². The highest BCUT2D eigenvalue weighted by Gasteiger charge is 2.06. The number of halogens is 2. The van der Waals surface area contributed by atoms with Crippen LogP contribution in [0.15, 0.2) is 54.6 Å². The standard InChI is InChI=1S/C16H14ClN3.ClH/c17-14-9-7-13(8-10-14)16-18-15(19-20-16)11-6-12-4-2-1-3-5-12;/h1-5,7-10H,6,11H2,(H,18,19,20);1H. The minimum absolute atomic E-state index is 0. The van der Waals surface area contributed by atoms with Crippen molar-refractivity contribution in [2.75, 3.05) is 0 Å². The first-order chi connectivity index (χ1) is 9.81. The van der Waals surface area contributed by atoms with E-state index in [1.54, 1.807) is 0 Å². The van der Waals surface area contributed by atoms with Gasteiger partial charge in [-0.1, -0.05) is 41.9 Å². The molecule has 0 radical (unpaired) electrons. The smallest absolute Gasteiger partial charge is 0.181 e. The summed E-state index contributed by atoms with van der Waals surface area (Å²) >= 11 is 5.87. The van der Waals surface area contributed by atoms with Crippen LogP contribution in [-0.2, 0) is 12.8 Å². The molecule has 0 saturated carbocycles. The van der Waals surface area contributed by atoms with Crippen LogP contribution in [0.2, 0.25) is 5.02 Å². The summed E-state index contributed by atoms with van der Waals surface area (Å²) in [6, 6.07) is 17.9. The summed E-state index contributed by atoms with van der Waals surface area (Å²) in [6.07, 6.45) is 1.81. The Bertz CT molecular complexity index is 678. The summed E-state index contributed by atoms with van der Waals surface area (Å²) < 4.78 is 0. The Morgan fingerprint density at radius 2 is 1.62 bits per heavy atom. The summed E-state index contributed by atoms with van der Waals surface area (Å²) in [4.78, 5) is 4.52. The fraction of sp³-hybridized carbons (Fsp3) is 0.125. The maximum Gasteiger partial charge on any atom is 0.181 e. The van der Waals surface area contributed by atoms with Gasteiger partial charge >= 0.3 is 0 Å². The summed E-state index contributed by atoms with van der Waals surface area (Å²) in [6.45, 7) is 0. The second-order valence-electron chi connectivity index (χ2n) is 4.60. The van der Waals surface area contributed by atoms with E-state index >= 15 is 0 Å². The molecule has 0 bridgehead atoms. The molecule has 0 atom stereocenters. The lowest BCUT2D eigenvalue weighted by atomic mass is 10.1. The molecule has 0 aliphatic carbocycles. The number of H-pyrrole nitrogens is 1. The van der Waals surface area contributed by atoms with Crippen LogP contribution in [0.25, 0.3) is 11.4 Å². The Morgan fingerprint density at radius 1 is 0.905 bits per heavy atom. The SMILES string of the molecule is Cl.Clc1ccc(-c2n[nH]c(CCc3ccccc3)n2)cc1. The fourth-order valence-electron chi connectivity index (χ4n) is 2.04. The number of rotatable bonds is 4. The van der Waals surface area contributed by atoms with Gasteiger partial charge in [-0.15, -0.1) is 12.4 Å². The van der Waals surface area contributed by atoms with Gasteiger partial charge < -0.3 is 0 Å². The Hall–Kier alpha value is -1.84. The predicted octanol–water partition coefficient (Wildman–Crippen LogP) is 4.33. The Labute approximate surface area is 134 Å². The summed E-state index contributed by atoms with van der Waals surface area (Å²) in [7, 11) is 0. The van der Waals surface area contributed by atoms with Crippen LogP contribution in [0.4, 0.5) is 0 Å². The molecule has 3 nitrogen and oxygen atoms in total. The molecule has 1 N–H and O–H groups in total. The van der Waals surface area contributed by atoms with Crippen LogP contribution >= 0.6 is 24.0 Å². The zero-order valence-electron chi connectivity index (χ0n) is 11.3. The molecule has 21 heavy (non-hydrogen) atoms. The highest BCUT2D eigenvalue weighted by atomic mass is 35.5. The van der Waals surface area contributed by atoms with Gasteiger partial charge in [0.2, 0.25) is 0 Å². The lowest BCUT2D eigenvalue weighted by Crippen LogP contribution is -1.93. The molecule has 2 aromatic carbocycles. The molecule has 3 rings (SSSR count). The molecule has 108 valence electrons. The third kappa shape index (κ3) is 4.06. The number of aryl methyl sites for hydroxylation is 2. The van der Waals surface area contributed by atoms with E-state index in [-0.39, 0.29) is 12.4 Å². The maximum absolute atomic E-state index is 5.87. The van der Waals surface area contributed by atoms with Gasteiger partial charge in [0.05, 0.1) is 0 Å². The molecule has 0 aliphatic heterocycles. The van der Waals surface area contributed by atoms with E-state index < -0.39 is 0 Å². The van der Waals surface area contributed by atoms with Crippen molar-refractivity contribution in [1.82, 2.24) is 15.2 Å². The molecule has 0 unspecified atom stereocenters. The van der Waals surface area contributed by atoms with Crippen molar-refractivity contribution >= 4 is 24.0 Å². The maximum atomic E-state index is 5.87. The van der Waals surface area contributed by atoms with Crippen molar-refractivity contribution in [1.29, 1.82) is 0 Å². The highest BCUT2D eigenvalue weighted by molar-refractivity contribution is 6.30. The number of aromatic amines is 1. The number of aromatic nitrogens is 3. The van der Waals surface area contributed by atoms with Crippen molar-refractivity contribution in [2.45, 2.75) is 12.8 Å². The summed E-state index contributed by atoms with van der Waals surface area (Å²) in [5.74, 6) is 1.61. The molecule has 0 spiro atoms. The van der Waals surface area contributed by atoms with Crippen molar-refractivity contribution < 1.29 is 0 Å². The zero-order chi connectivity index (χ0) is 13.8. The van der Waals surface area contributed by atoms with E-state index in [4.69, 9.17) is 11.6 Å². The highest BCUT2D eigenvalue weighted by Crippen LogP contribution is 2.18. The van der Waals surface area contributed by atoms with E-state index in [1.807, 2.05) is 30.3 Å². The monoisotopic (exact) mass is 319 g/mol. The normalized spacial score (nSPS) is 10.1. The van der Waals surface area contributed by atoms with Gasteiger partial charge in [0.1, 0.15) is 5.82 Å². The van der Waals surface area contributed by atoms with Gasteiger partial charge in [-0.3, -0.25) is 5.10 Å². The molecule has 0 fully saturated rings. The second-order valence-corrected chi connectivity index (χ2v) is 5.03. The van der Waals surface area contributed by atoms with E-state index in [1.165, 1.54) is 5.56 Å². The molecular formula is C16H15Cl2N3. The first-order valence-corrected chi connectivity index (χ1v) is 6.90. The van der Waals surface area contributed by atoms with Gasteiger partial charge in [-0.05, 0) is 36.2 Å². The Kier molecular flexibility index (Phi) is 5.37. The van der Waals surface area contributed by atoms with Crippen molar-refractivity contribution in [3.63, 3.8) is 0 Å². The first-order valence-electron chi connectivity index (χ1n) is 6.52. The summed E-state index contributed by atoms with van der Waals surface area (Å²) in [5, 5.41) is 7.96. The van der Waals surface area contributed by atoms with Gasteiger partial charge in [0.15, 0.2) is 5.82 Å². The Morgan fingerprint density at radius 3 is 2.33 bits per heavy atom. The van der Waals surface area contributed by atoms with Crippen LogP contribution in [0, 0.1) is 0 Å². The minimum atomic E-state index is 0. The van der Waals surface area contributed by atoms with E-state index in [2.05, 4.69) is 39.4 Å². The van der Waals surface area contributed by atoms with Crippen molar-refractivity contribution in [3.8, 4) is 11.4 Å². The topological polar surface area (TPSA) is 41.6 Å². The van der Waals surface area contributed by atoms with E-state index in [9.17, 15) is 0 Å². The van der Waals surface area contributed by atoms with Crippen LogP contribution in [0.1, 0.15) is 11.4 Å². The lowest BCUT2D eigenvalue weighted by molar-refractivity contribution is 0.865. The number of benzene rings is 2. The molecule has 0 aliphatic rings. The quantitative estimate of drug-likeness (QED) is 0.777. The van der Waals surface area contributed by atoms with Gasteiger partial charge in [-0.2, -0.15) is 5.10 Å². The number of nitrogens with zero attached hydrogens (tertiary/aromatic N) is 2. The second kappa shape index (κ2) is 7.25. The molecule has 5 heteroatoms. The molecule has 0 saturated heterocycles. The van der Waals surface area contributed by atoms with Crippen molar-refractivity contribution in [3.05, 3.63) is 71.0 Å². The third-order valence-electron chi connectivity index (χ3n) is 3.13. The zero-order valence-corrected chi connectivity index (χ0v) is 12.9. The van der Waals surface area contributed by atoms with Crippen LogP contribution < -0.4 is 0 Å². The number of hydrogen-bond donors (Lipinski definition) is 1. The number of nitrogens with one attached hydrogen (secondary N) is 1. The predicted molar refractivity (Wildman–Crippen MR) is 87.9 cm³/mol. The van der Waals surface area contributed by atoms with Crippen LogP contribution in [-0.4, -0.2) is 15.2 Å². The van der Waals surface area contributed by atoms with Gasteiger partial charge in [0, 0.05) is 17.0 Å². The number of hydrogen-bond acceptors (Lipinski definition) is 2. The lowest BCUT2D eigenvalue weighted by Gasteiger charge is -1.97. The van der Waals surface area contributed by atoms with Crippen LogP contribution in [0.5, 0.6) is 0 Å². The minimum Gasteiger partial charge on any atom is -0.263 e. The van der Waals surface area contributed by atoms with Gasteiger partial charge in [-0.25, -0.2) is 4.98 Å². The van der Waals surface area contributed by atoms with E-state index in [0.29, 0.717) is 10.8 Å². The molecule has 0 amide bonds. The summed E-state index contributed by atoms with van der Waals surface area (Å²) in [5.41, 5.74) is 2.27. The Balaban J connectivity index is 0.00000161. The van der Waals surface area contributed by atoms with E-state index in [0.717, 1.165) is 24.2 Å².